The molecular formula is C27H31N3O4. The number of likely N-dealkylation sites (tertiary alicyclic amines) is 1. The van der Waals surface area contributed by atoms with Gasteiger partial charge in [0.25, 0.3) is 5.91 Å². The Morgan fingerprint density at radius 2 is 1.94 bits per heavy atom. The Morgan fingerprint density at radius 3 is 2.68 bits per heavy atom. The number of carbonyl (C=O) groups excluding carboxylic acids is 2. The van der Waals surface area contributed by atoms with E-state index in [0.717, 1.165) is 41.4 Å². The number of hydrogen-bond donors (Lipinski definition) is 2. The number of hydrogen-bond acceptors (Lipinski definition) is 4. The first-order chi connectivity index (χ1) is 16.5. The summed E-state index contributed by atoms with van der Waals surface area (Å²) in [6.45, 7) is 6.09. The Hall–Kier alpha value is -3.74. The molecule has 1 atom stereocenters. The molecule has 2 aromatic carbocycles. The molecule has 0 bridgehead atoms. The summed E-state index contributed by atoms with van der Waals surface area (Å²) in [5.41, 5.74) is 2.41. The van der Waals surface area contributed by atoms with E-state index in [-0.39, 0.29) is 17.9 Å². The highest BCUT2D eigenvalue weighted by atomic mass is 16.5. The average Bonchev–Trinajstić information content (AvgIpc) is 3.29. The van der Waals surface area contributed by atoms with Crippen LogP contribution < -0.4 is 15.4 Å². The summed E-state index contributed by atoms with van der Waals surface area (Å²) in [6, 6.07) is 18.7. The molecule has 7 heteroatoms. The van der Waals surface area contributed by atoms with Gasteiger partial charge in [0.15, 0.2) is 0 Å². The zero-order valence-corrected chi connectivity index (χ0v) is 19.7. The van der Waals surface area contributed by atoms with Crippen LogP contribution in [0.1, 0.15) is 53.1 Å². The van der Waals surface area contributed by atoms with Gasteiger partial charge in [-0.2, -0.15) is 0 Å². The molecule has 3 aromatic rings. The van der Waals surface area contributed by atoms with Crippen LogP contribution >= 0.6 is 0 Å². The number of carbonyl (C=O) groups is 2. The van der Waals surface area contributed by atoms with Gasteiger partial charge in [-0.3, -0.25) is 4.79 Å². The molecular weight excluding hydrogens is 430 g/mol. The van der Waals surface area contributed by atoms with Crippen molar-refractivity contribution >= 4 is 17.6 Å². The van der Waals surface area contributed by atoms with E-state index in [4.69, 9.17) is 9.15 Å². The highest BCUT2D eigenvalue weighted by molar-refractivity contribution is 5.94. The molecule has 1 aliphatic heterocycles. The Labute approximate surface area is 200 Å². The van der Waals surface area contributed by atoms with Gasteiger partial charge in [-0.05, 0) is 80.8 Å². The predicted octanol–water partition coefficient (Wildman–Crippen LogP) is 5.33. The molecule has 2 N–H and O–H groups in total. The molecule has 0 saturated carbocycles. The molecule has 7 nitrogen and oxygen atoms in total. The third kappa shape index (κ3) is 5.98. The van der Waals surface area contributed by atoms with E-state index >= 15 is 0 Å². The van der Waals surface area contributed by atoms with E-state index in [2.05, 4.69) is 10.6 Å². The normalized spacial score (nSPS) is 15.6. The summed E-state index contributed by atoms with van der Waals surface area (Å²) >= 11 is 0. The zero-order chi connectivity index (χ0) is 23.9. The van der Waals surface area contributed by atoms with Crippen LogP contribution in [0.5, 0.6) is 5.75 Å². The lowest BCUT2D eigenvalue weighted by Crippen LogP contribution is -2.41. The van der Waals surface area contributed by atoms with E-state index in [9.17, 15) is 9.59 Å². The quantitative estimate of drug-likeness (QED) is 0.498. The number of nitrogens with zero attached hydrogens (tertiary/aromatic N) is 1. The first-order valence-corrected chi connectivity index (χ1v) is 11.7. The number of urea groups is 1. The number of rotatable bonds is 7. The minimum atomic E-state index is -0.142. The van der Waals surface area contributed by atoms with Gasteiger partial charge in [0.2, 0.25) is 0 Å². The van der Waals surface area contributed by atoms with Crippen molar-refractivity contribution in [2.75, 3.05) is 25.0 Å². The highest BCUT2D eigenvalue weighted by Gasteiger charge is 2.25. The minimum Gasteiger partial charge on any atom is -0.494 e. The maximum atomic E-state index is 12.9. The van der Waals surface area contributed by atoms with Crippen molar-refractivity contribution in [3.8, 4) is 5.75 Å². The summed E-state index contributed by atoms with van der Waals surface area (Å²) in [5, 5.41) is 5.88. The molecule has 1 aromatic heterocycles. The first-order valence-electron chi connectivity index (χ1n) is 11.7. The van der Waals surface area contributed by atoms with E-state index < -0.39 is 0 Å². The maximum Gasteiger partial charge on any atom is 0.321 e. The number of furan rings is 1. The van der Waals surface area contributed by atoms with Crippen molar-refractivity contribution in [2.24, 2.45) is 0 Å². The molecule has 4 rings (SSSR count). The Balaban J connectivity index is 1.35. The second-order valence-electron chi connectivity index (χ2n) is 8.49. The second-order valence-corrected chi connectivity index (χ2v) is 8.49. The summed E-state index contributed by atoms with van der Waals surface area (Å²) in [7, 11) is 0. The van der Waals surface area contributed by atoms with Crippen molar-refractivity contribution in [2.45, 2.75) is 39.2 Å². The molecule has 0 aliphatic carbocycles. The largest absolute Gasteiger partial charge is 0.494 e. The van der Waals surface area contributed by atoms with Crippen LogP contribution in [0.2, 0.25) is 0 Å². The van der Waals surface area contributed by atoms with Crippen LogP contribution in [0.25, 0.3) is 0 Å². The van der Waals surface area contributed by atoms with Crippen LogP contribution in [0.3, 0.4) is 0 Å². The van der Waals surface area contributed by atoms with E-state index in [0.29, 0.717) is 31.8 Å². The lowest BCUT2D eigenvalue weighted by Gasteiger charge is -2.33. The fraction of sp³-hybridized carbons (Fsp3) is 0.333. The van der Waals surface area contributed by atoms with Gasteiger partial charge in [0.1, 0.15) is 17.3 Å². The summed E-state index contributed by atoms with van der Waals surface area (Å²) in [6.07, 6.45) is 1.89. The highest BCUT2D eigenvalue weighted by Crippen LogP contribution is 2.28. The molecule has 34 heavy (non-hydrogen) atoms. The molecule has 2 heterocycles. The van der Waals surface area contributed by atoms with E-state index in [1.54, 1.807) is 0 Å². The molecule has 1 aliphatic rings. The van der Waals surface area contributed by atoms with Gasteiger partial charge in [-0.1, -0.05) is 12.1 Å². The van der Waals surface area contributed by atoms with Crippen LogP contribution in [-0.2, 0) is 6.54 Å². The smallest absolute Gasteiger partial charge is 0.321 e. The number of benzene rings is 2. The number of amides is 3. The van der Waals surface area contributed by atoms with Crippen LogP contribution in [0.15, 0.2) is 65.1 Å². The molecule has 0 spiro atoms. The number of nitrogens with one attached hydrogen (secondary N) is 2. The summed E-state index contributed by atoms with van der Waals surface area (Å²) in [4.78, 5) is 27.4. The SMILES string of the molecule is CCOc1ccc(NC(=O)N2CCC[C@H](c3cccc(C(=O)NCc4ccc(C)o4)c3)C2)cc1. The van der Waals surface area contributed by atoms with Crippen LogP contribution in [0.4, 0.5) is 10.5 Å². The average molecular weight is 462 g/mol. The van der Waals surface area contributed by atoms with Crippen molar-refractivity contribution in [1.29, 1.82) is 0 Å². The first kappa shape index (κ1) is 23.4. The third-order valence-electron chi connectivity index (χ3n) is 5.96. The number of aryl methyl sites for hydroxylation is 1. The van der Waals surface area contributed by atoms with Crippen molar-refractivity contribution in [1.82, 2.24) is 10.2 Å². The van der Waals surface area contributed by atoms with Gasteiger partial charge >= 0.3 is 6.03 Å². The standard InChI is InChI=1S/C27H31N3O4/c1-3-33-24-13-10-23(11-14-24)29-27(32)30-15-5-8-22(18-30)20-6-4-7-21(16-20)26(31)28-17-25-12-9-19(2)34-25/h4,6-7,9-14,16,22H,3,5,8,15,17-18H2,1-2H3,(H,28,31)(H,29,32)/t22-/m0/s1. The molecule has 1 saturated heterocycles. The fourth-order valence-corrected chi connectivity index (χ4v) is 4.22. The maximum absolute atomic E-state index is 12.9. The van der Waals surface area contributed by atoms with Gasteiger partial charge in [0, 0.05) is 30.3 Å². The lowest BCUT2D eigenvalue weighted by atomic mass is 9.89. The summed E-state index contributed by atoms with van der Waals surface area (Å²) < 4.78 is 11.0. The predicted molar refractivity (Wildman–Crippen MR) is 131 cm³/mol. The van der Waals surface area contributed by atoms with E-state index in [1.807, 2.05) is 79.4 Å². The van der Waals surface area contributed by atoms with Crippen molar-refractivity contribution < 1.29 is 18.7 Å². The van der Waals surface area contributed by atoms with Gasteiger partial charge < -0.3 is 24.7 Å². The van der Waals surface area contributed by atoms with Gasteiger partial charge in [-0.25, -0.2) is 4.79 Å². The third-order valence-corrected chi connectivity index (χ3v) is 5.96. The van der Waals surface area contributed by atoms with Crippen molar-refractivity contribution in [3.63, 3.8) is 0 Å². The minimum absolute atomic E-state index is 0.114. The number of ether oxygens (including phenoxy) is 1. The Bertz CT molecular complexity index is 1120. The number of piperidine rings is 1. The molecule has 0 radical (unpaired) electrons. The number of anilines is 1. The molecule has 0 unspecified atom stereocenters. The van der Waals surface area contributed by atoms with Crippen LogP contribution in [0, 0.1) is 6.92 Å². The lowest BCUT2D eigenvalue weighted by molar-refractivity contribution is 0.0947. The molecule has 3 amide bonds. The van der Waals surface area contributed by atoms with Gasteiger partial charge in [0.05, 0.1) is 13.2 Å². The topological polar surface area (TPSA) is 83.8 Å². The second kappa shape index (κ2) is 10.9. The fourth-order valence-electron chi connectivity index (χ4n) is 4.22. The zero-order valence-electron chi connectivity index (χ0n) is 19.7. The van der Waals surface area contributed by atoms with E-state index in [1.165, 1.54) is 0 Å². The monoisotopic (exact) mass is 461 g/mol. The Kier molecular flexibility index (Phi) is 7.52. The molecule has 178 valence electrons. The Morgan fingerprint density at radius 1 is 1.12 bits per heavy atom. The molecule has 1 fully saturated rings. The van der Waals surface area contributed by atoms with Crippen LogP contribution in [-0.4, -0.2) is 36.5 Å². The summed E-state index contributed by atoms with van der Waals surface area (Å²) in [5.74, 6) is 2.36. The van der Waals surface area contributed by atoms with Crippen molar-refractivity contribution in [3.05, 3.63) is 83.3 Å². The van der Waals surface area contributed by atoms with Gasteiger partial charge in [-0.15, -0.1) is 0 Å².